The van der Waals surface area contributed by atoms with Gasteiger partial charge in [-0.15, -0.1) is 0 Å². The number of hydrogen-bond acceptors (Lipinski definition) is 3. The fraction of sp³-hybridized carbons (Fsp3) is 0.263. The van der Waals surface area contributed by atoms with Gasteiger partial charge in [0.25, 0.3) is 5.91 Å². The number of hydrogen-bond donors (Lipinski definition) is 1. The summed E-state index contributed by atoms with van der Waals surface area (Å²) in [6.07, 6.45) is 0. The van der Waals surface area contributed by atoms with Crippen LogP contribution in [-0.4, -0.2) is 36.4 Å². The highest BCUT2D eigenvalue weighted by Gasteiger charge is 2.26. The zero-order valence-corrected chi connectivity index (χ0v) is 17.1. The van der Waals surface area contributed by atoms with Crippen molar-refractivity contribution in [3.05, 3.63) is 63.1 Å². The molecule has 0 aliphatic carbocycles. The number of amides is 2. The summed E-state index contributed by atoms with van der Waals surface area (Å²) >= 11 is 18.1. The van der Waals surface area contributed by atoms with Gasteiger partial charge in [0.15, 0.2) is 6.61 Å². The molecule has 0 saturated carbocycles. The Labute approximate surface area is 173 Å². The number of nitrogens with zero attached hydrogens (tertiary/aromatic N) is 1. The van der Waals surface area contributed by atoms with Crippen LogP contribution in [-0.2, 0) is 16.1 Å². The third-order valence-electron chi connectivity index (χ3n) is 3.93. The Morgan fingerprint density at radius 1 is 1.11 bits per heavy atom. The molecule has 2 aromatic carbocycles. The molecule has 0 heterocycles. The zero-order valence-electron chi connectivity index (χ0n) is 14.8. The van der Waals surface area contributed by atoms with Gasteiger partial charge in [-0.2, -0.15) is 0 Å². The first-order valence-electron chi connectivity index (χ1n) is 8.15. The van der Waals surface area contributed by atoms with Crippen LogP contribution in [0.4, 0.5) is 0 Å². The summed E-state index contributed by atoms with van der Waals surface area (Å²) in [5.41, 5.74) is 0.674. The molecule has 0 aliphatic heterocycles. The first-order valence-corrected chi connectivity index (χ1v) is 9.28. The molecule has 2 amide bonds. The van der Waals surface area contributed by atoms with E-state index in [0.29, 0.717) is 26.4 Å². The molecule has 1 atom stereocenters. The summed E-state index contributed by atoms with van der Waals surface area (Å²) in [4.78, 5) is 26.3. The molecule has 27 heavy (non-hydrogen) atoms. The number of rotatable bonds is 7. The van der Waals surface area contributed by atoms with Crippen LogP contribution in [0, 0.1) is 0 Å². The maximum absolute atomic E-state index is 12.8. The molecule has 0 bridgehead atoms. The van der Waals surface area contributed by atoms with Crippen LogP contribution in [0.15, 0.2) is 42.5 Å². The number of nitrogens with one attached hydrogen (secondary N) is 1. The summed E-state index contributed by atoms with van der Waals surface area (Å²) in [6.45, 7) is 1.54. The second-order valence-electron chi connectivity index (χ2n) is 5.79. The van der Waals surface area contributed by atoms with Gasteiger partial charge in [0.05, 0.1) is 0 Å². The Bertz CT molecular complexity index is 830. The number of halogens is 3. The predicted octanol–water partition coefficient (Wildman–Crippen LogP) is 4.19. The highest BCUT2D eigenvalue weighted by Crippen LogP contribution is 2.23. The van der Waals surface area contributed by atoms with E-state index < -0.39 is 6.04 Å². The molecule has 5 nitrogen and oxygen atoms in total. The first kappa shape index (κ1) is 21.4. The molecular weight excluding hydrogens is 411 g/mol. The van der Waals surface area contributed by atoms with Crippen molar-refractivity contribution in [2.75, 3.05) is 13.7 Å². The number of benzene rings is 2. The van der Waals surface area contributed by atoms with Gasteiger partial charge in [0.1, 0.15) is 11.8 Å². The number of carbonyl (C=O) groups is 2. The smallest absolute Gasteiger partial charge is 0.261 e. The maximum atomic E-state index is 12.8. The average Bonchev–Trinajstić information content (AvgIpc) is 2.64. The Kier molecular flexibility index (Phi) is 7.78. The Balaban J connectivity index is 2.17. The van der Waals surface area contributed by atoms with E-state index in [-0.39, 0.29) is 25.0 Å². The van der Waals surface area contributed by atoms with E-state index in [9.17, 15) is 9.59 Å². The largest absolute Gasteiger partial charge is 0.484 e. The van der Waals surface area contributed by atoms with Crippen molar-refractivity contribution in [1.29, 1.82) is 0 Å². The van der Waals surface area contributed by atoms with Crippen molar-refractivity contribution < 1.29 is 14.3 Å². The Morgan fingerprint density at radius 3 is 2.44 bits per heavy atom. The molecule has 8 heteroatoms. The fourth-order valence-corrected chi connectivity index (χ4v) is 3.06. The minimum atomic E-state index is -0.711. The minimum Gasteiger partial charge on any atom is -0.484 e. The second kappa shape index (κ2) is 9.83. The third-order valence-corrected chi connectivity index (χ3v) is 4.75. The van der Waals surface area contributed by atoms with E-state index in [0.717, 1.165) is 0 Å². The van der Waals surface area contributed by atoms with E-state index in [1.165, 1.54) is 11.9 Å². The number of likely N-dealkylation sites (N-methyl/N-ethyl adjacent to an activating group) is 1. The predicted molar refractivity (Wildman–Crippen MR) is 107 cm³/mol. The van der Waals surface area contributed by atoms with Crippen LogP contribution in [0.3, 0.4) is 0 Å². The van der Waals surface area contributed by atoms with Crippen molar-refractivity contribution in [3.8, 4) is 5.75 Å². The normalized spacial score (nSPS) is 11.6. The SMILES string of the molecule is CNC(=O)C(C)N(Cc1ccc(Cl)cc1Cl)C(=O)COc1cccc(Cl)c1. The number of ether oxygens (including phenoxy) is 1. The van der Waals surface area contributed by atoms with Crippen LogP contribution in [0.1, 0.15) is 12.5 Å². The molecule has 2 rings (SSSR count). The second-order valence-corrected chi connectivity index (χ2v) is 7.07. The molecule has 0 spiro atoms. The molecule has 0 aliphatic rings. The Hall–Kier alpha value is -1.95. The van der Waals surface area contributed by atoms with E-state index >= 15 is 0 Å². The van der Waals surface area contributed by atoms with Crippen molar-refractivity contribution in [2.45, 2.75) is 19.5 Å². The minimum absolute atomic E-state index is 0.141. The van der Waals surface area contributed by atoms with Crippen LogP contribution >= 0.6 is 34.8 Å². The van der Waals surface area contributed by atoms with Gasteiger partial charge in [-0.25, -0.2) is 0 Å². The van der Waals surface area contributed by atoms with Gasteiger partial charge in [0.2, 0.25) is 5.91 Å². The summed E-state index contributed by atoms with van der Waals surface area (Å²) in [6, 6.07) is 11.0. The molecule has 1 unspecified atom stereocenters. The van der Waals surface area contributed by atoms with Gasteiger partial charge in [-0.3, -0.25) is 9.59 Å². The summed E-state index contributed by atoms with van der Waals surface area (Å²) in [5, 5.41) is 3.96. The first-order chi connectivity index (χ1) is 12.8. The van der Waals surface area contributed by atoms with Crippen LogP contribution in [0.5, 0.6) is 5.75 Å². The molecule has 0 saturated heterocycles. The van der Waals surface area contributed by atoms with Crippen molar-refractivity contribution in [1.82, 2.24) is 10.2 Å². The van der Waals surface area contributed by atoms with E-state index in [4.69, 9.17) is 39.5 Å². The van der Waals surface area contributed by atoms with E-state index in [1.54, 1.807) is 49.4 Å². The molecule has 144 valence electrons. The molecule has 2 aromatic rings. The molecule has 0 radical (unpaired) electrons. The topological polar surface area (TPSA) is 58.6 Å². The quantitative estimate of drug-likeness (QED) is 0.718. The van der Waals surface area contributed by atoms with Crippen LogP contribution in [0.25, 0.3) is 0 Å². The maximum Gasteiger partial charge on any atom is 0.261 e. The van der Waals surface area contributed by atoms with Crippen LogP contribution < -0.4 is 10.1 Å². The summed E-state index contributed by atoms with van der Waals surface area (Å²) in [7, 11) is 1.51. The van der Waals surface area contributed by atoms with Gasteiger partial charge in [-0.05, 0) is 42.8 Å². The lowest BCUT2D eigenvalue weighted by atomic mass is 10.1. The van der Waals surface area contributed by atoms with Crippen molar-refractivity contribution >= 4 is 46.6 Å². The van der Waals surface area contributed by atoms with Gasteiger partial charge >= 0.3 is 0 Å². The highest BCUT2D eigenvalue weighted by molar-refractivity contribution is 6.35. The summed E-state index contributed by atoms with van der Waals surface area (Å²) in [5.74, 6) is -0.193. The number of carbonyl (C=O) groups excluding carboxylic acids is 2. The molecule has 0 fully saturated rings. The van der Waals surface area contributed by atoms with Crippen LogP contribution in [0.2, 0.25) is 15.1 Å². The lowest BCUT2D eigenvalue weighted by molar-refractivity contribution is -0.142. The lowest BCUT2D eigenvalue weighted by Crippen LogP contribution is -2.48. The van der Waals surface area contributed by atoms with Crippen molar-refractivity contribution in [3.63, 3.8) is 0 Å². The monoisotopic (exact) mass is 428 g/mol. The fourth-order valence-electron chi connectivity index (χ4n) is 2.41. The standard InChI is InChI=1S/C19H19Cl3N2O3/c1-12(19(26)23-2)24(10-13-6-7-15(21)9-17(13)22)18(25)11-27-16-5-3-4-14(20)8-16/h3-9,12H,10-11H2,1-2H3,(H,23,26). The molecule has 0 aromatic heterocycles. The molecular formula is C19H19Cl3N2O3. The highest BCUT2D eigenvalue weighted by atomic mass is 35.5. The van der Waals surface area contributed by atoms with E-state index in [1.807, 2.05) is 0 Å². The average molecular weight is 430 g/mol. The van der Waals surface area contributed by atoms with Gasteiger partial charge < -0.3 is 15.0 Å². The molecule has 1 N–H and O–H groups in total. The van der Waals surface area contributed by atoms with Gasteiger partial charge in [-0.1, -0.05) is 46.9 Å². The van der Waals surface area contributed by atoms with Gasteiger partial charge in [0, 0.05) is 28.7 Å². The summed E-state index contributed by atoms with van der Waals surface area (Å²) < 4.78 is 5.52. The lowest BCUT2D eigenvalue weighted by Gasteiger charge is -2.28. The zero-order chi connectivity index (χ0) is 20.0. The third kappa shape index (κ3) is 6.03. The van der Waals surface area contributed by atoms with Crippen molar-refractivity contribution in [2.24, 2.45) is 0 Å². The Morgan fingerprint density at radius 2 is 1.81 bits per heavy atom. The van der Waals surface area contributed by atoms with E-state index in [2.05, 4.69) is 5.32 Å².